The number of aryl methyl sites for hydroxylation is 3. The molecule has 1 aliphatic carbocycles. The zero-order valence-corrected chi connectivity index (χ0v) is 25.9. The second-order valence-electron chi connectivity index (χ2n) is 10.9. The van der Waals surface area contributed by atoms with E-state index in [9.17, 15) is 4.79 Å². The maximum Gasteiger partial charge on any atom is 0.341 e. The number of rotatable bonds is 8. The van der Waals surface area contributed by atoms with Crippen LogP contribution in [-0.4, -0.2) is 19.1 Å². The van der Waals surface area contributed by atoms with Gasteiger partial charge in [-0.25, -0.2) is 4.79 Å². The molecule has 0 bridgehead atoms. The maximum absolute atomic E-state index is 13.4. The molecule has 1 aliphatic rings. The van der Waals surface area contributed by atoms with E-state index in [2.05, 4.69) is 117 Å². The monoisotopic (exact) mass is 577 g/mol. The number of carbonyl (C=O) groups excluding carboxylic acids is 1. The van der Waals surface area contributed by atoms with Gasteiger partial charge in [-0.1, -0.05) is 78.7 Å². The number of fused-ring (bicyclic) bond motifs is 3. The lowest BCUT2D eigenvalue weighted by Gasteiger charge is -2.35. The van der Waals surface area contributed by atoms with Crippen LogP contribution in [0.5, 0.6) is 5.75 Å². The molecular formula is C40H35NO3. The van der Waals surface area contributed by atoms with Crippen LogP contribution in [0.4, 0.5) is 0 Å². The van der Waals surface area contributed by atoms with Gasteiger partial charge in [0.1, 0.15) is 11.7 Å². The van der Waals surface area contributed by atoms with Crippen LogP contribution in [0.25, 0.3) is 11.1 Å². The van der Waals surface area contributed by atoms with Crippen LogP contribution in [0.15, 0.2) is 72.8 Å². The minimum Gasteiger partial charge on any atom is -0.462 e. The molecule has 0 heterocycles. The fourth-order valence-corrected chi connectivity index (χ4v) is 6.12. The van der Waals surface area contributed by atoms with Gasteiger partial charge in [-0.15, -0.1) is 6.42 Å². The second kappa shape index (κ2) is 13.0. The van der Waals surface area contributed by atoms with E-state index in [-0.39, 0.29) is 6.61 Å². The molecule has 4 aromatic carbocycles. The first kappa shape index (κ1) is 30.3. The highest BCUT2D eigenvalue weighted by atomic mass is 16.5. The Labute approximate surface area is 260 Å². The molecule has 0 aromatic heterocycles. The minimum absolute atomic E-state index is 0.226. The van der Waals surface area contributed by atoms with Crippen LogP contribution in [0.1, 0.15) is 68.7 Å². The Bertz CT molecular complexity index is 1870. The normalized spacial score (nSPS) is 12.0. The van der Waals surface area contributed by atoms with Crippen molar-refractivity contribution in [3.8, 4) is 53.1 Å². The maximum atomic E-state index is 13.4. The van der Waals surface area contributed by atoms with Crippen molar-refractivity contribution in [2.45, 2.75) is 46.6 Å². The van der Waals surface area contributed by atoms with Gasteiger partial charge in [0.05, 0.1) is 12.0 Å². The zero-order valence-electron chi connectivity index (χ0n) is 25.9. The molecule has 1 N–H and O–H groups in total. The summed E-state index contributed by atoms with van der Waals surface area (Å²) >= 11 is 0. The quantitative estimate of drug-likeness (QED) is 0.156. The Hall–Kier alpha value is -5.21. The molecule has 0 unspecified atom stereocenters. The van der Waals surface area contributed by atoms with E-state index in [0.717, 1.165) is 35.3 Å². The summed E-state index contributed by atoms with van der Waals surface area (Å²) in [7, 11) is 0. The predicted molar refractivity (Wildman–Crippen MR) is 176 cm³/mol. The van der Waals surface area contributed by atoms with Crippen LogP contribution >= 0.6 is 0 Å². The Morgan fingerprint density at radius 1 is 0.818 bits per heavy atom. The highest BCUT2D eigenvalue weighted by Crippen LogP contribution is 2.57. The fourth-order valence-electron chi connectivity index (χ4n) is 6.12. The topological polar surface area (TPSA) is 47.6 Å². The first-order valence-corrected chi connectivity index (χ1v) is 14.8. The molecule has 4 aromatic rings. The summed E-state index contributed by atoms with van der Waals surface area (Å²) in [6.07, 6.45) is 7.73. The minimum atomic E-state index is -0.700. The number of ether oxygens (including phenoxy) is 2. The Morgan fingerprint density at radius 3 is 2.09 bits per heavy atom. The molecule has 0 fully saturated rings. The van der Waals surface area contributed by atoms with Crippen molar-refractivity contribution in [3.05, 3.63) is 123 Å². The zero-order chi connectivity index (χ0) is 31.3. The summed E-state index contributed by atoms with van der Waals surface area (Å²) in [5.74, 6) is 9.55. The number of nitrogens with one attached hydrogen (secondary N) is 1. The third-order valence-corrected chi connectivity index (χ3v) is 8.11. The second-order valence-corrected chi connectivity index (χ2v) is 10.9. The number of terminal acetylenes is 1. The summed E-state index contributed by atoms with van der Waals surface area (Å²) in [6.45, 7) is 12.2. The van der Waals surface area contributed by atoms with Gasteiger partial charge in [-0.05, 0) is 103 Å². The van der Waals surface area contributed by atoms with Gasteiger partial charge in [0.2, 0.25) is 0 Å². The lowest BCUT2D eigenvalue weighted by atomic mass is 9.66. The van der Waals surface area contributed by atoms with Gasteiger partial charge in [0, 0.05) is 18.4 Å². The molecule has 0 radical (unpaired) electrons. The van der Waals surface area contributed by atoms with Gasteiger partial charge in [-0.2, -0.15) is 0 Å². The van der Waals surface area contributed by atoms with Crippen molar-refractivity contribution >= 4 is 5.97 Å². The van der Waals surface area contributed by atoms with E-state index in [1.807, 2.05) is 12.1 Å². The van der Waals surface area contributed by atoms with Gasteiger partial charge in [0.25, 0.3) is 0 Å². The molecule has 44 heavy (non-hydrogen) atoms. The Morgan fingerprint density at radius 2 is 1.48 bits per heavy atom. The van der Waals surface area contributed by atoms with Crippen LogP contribution < -0.4 is 10.1 Å². The lowest BCUT2D eigenvalue weighted by molar-refractivity contribution is 0.0523. The van der Waals surface area contributed by atoms with Gasteiger partial charge in [0.15, 0.2) is 5.75 Å². The summed E-state index contributed by atoms with van der Waals surface area (Å²) < 4.78 is 11.2. The average molecular weight is 578 g/mol. The predicted octanol–water partition coefficient (Wildman–Crippen LogP) is 7.24. The largest absolute Gasteiger partial charge is 0.462 e. The van der Waals surface area contributed by atoms with E-state index >= 15 is 0 Å². The van der Waals surface area contributed by atoms with Gasteiger partial charge < -0.3 is 14.8 Å². The van der Waals surface area contributed by atoms with Crippen molar-refractivity contribution in [1.29, 1.82) is 0 Å². The molecule has 0 spiro atoms. The molecule has 4 heteroatoms. The molecule has 0 atom stereocenters. The van der Waals surface area contributed by atoms with E-state index in [0.29, 0.717) is 11.3 Å². The van der Waals surface area contributed by atoms with Crippen LogP contribution in [0, 0.1) is 57.0 Å². The molecule has 218 valence electrons. The number of carbonyl (C=O) groups is 1. The van der Waals surface area contributed by atoms with Gasteiger partial charge >= 0.3 is 5.97 Å². The molecule has 5 rings (SSSR count). The number of hydrogen-bond donors (Lipinski definition) is 1. The smallest absolute Gasteiger partial charge is 0.341 e. The number of esters is 1. The van der Waals surface area contributed by atoms with Crippen molar-refractivity contribution in [2.24, 2.45) is 0 Å². The van der Waals surface area contributed by atoms with E-state index < -0.39 is 11.4 Å². The summed E-state index contributed by atoms with van der Waals surface area (Å²) in [6, 6.07) is 25.7. The van der Waals surface area contributed by atoms with Crippen LogP contribution in [0.3, 0.4) is 0 Å². The van der Waals surface area contributed by atoms with Crippen molar-refractivity contribution < 1.29 is 14.3 Å². The summed E-state index contributed by atoms with van der Waals surface area (Å²) in [5, 5.41) is 3.45. The third-order valence-electron chi connectivity index (χ3n) is 8.11. The molecule has 0 aliphatic heterocycles. The third kappa shape index (κ3) is 5.47. The Kier molecular flexibility index (Phi) is 8.92. The summed E-state index contributed by atoms with van der Waals surface area (Å²) in [5.41, 5.74) is 11.1. The number of hydrogen-bond acceptors (Lipinski definition) is 4. The average Bonchev–Trinajstić information content (AvgIpc) is 3.29. The molecule has 0 amide bonds. The first-order valence-electron chi connectivity index (χ1n) is 14.8. The molecular weight excluding hydrogens is 542 g/mol. The fraction of sp³-hybridized carbons (Fsp3) is 0.225. The lowest BCUT2D eigenvalue weighted by Crippen LogP contribution is -2.29. The highest BCUT2D eigenvalue weighted by molar-refractivity contribution is 5.94. The standard InChI is InChI=1S/C40H35NO3/c1-7-10-11-12-21-44-38-20-17-32(25-35(38)39(42)43-9-3)40(31-16-15-30(26-41-8-2)29(6)24-31)36-22-27(4)13-18-33(36)34-19-14-28(5)23-37(34)40/h1,13-20,22-25,41H,8-9,26H2,2-6H3. The molecule has 0 saturated carbocycles. The Balaban J connectivity index is 1.83. The van der Waals surface area contributed by atoms with Crippen LogP contribution in [0.2, 0.25) is 0 Å². The molecule has 4 nitrogen and oxygen atoms in total. The van der Waals surface area contributed by atoms with Gasteiger partial charge in [-0.3, -0.25) is 0 Å². The van der Waals surface area contributed by atoms with Crippen LogP contribution in [-0.2, 0) is 16.7 Å². The van der Waals surface area contributed by atoms with E-state index in [1.165, 1.54) is 33.4 Å². The first-order chi connectivity index (χ1) is 21.3. The summed E-state index contributed by atoms with van der Waals surface area (Å²) in [4.78, 5) is 13.4. The van der Waals surface area contributed by atoms with E-state index in [4.69, 9.17) is 15.9 Å². The number of benzene rings is 4. The van der Waals surface area contributed by atoms with E-state index in [1.54, 1.807) is 13.0 Å². The van der Waals surface area contributed by atoms with Crippen molar-refractivity contribution in [2.75, 3.05) is 13.2 Å². The SMILES string of the molecule is C#CC#CC#COc1ccc(C2(c3ccc(CNCC)c(C)c3)c3cc(C)ccc3-c3ccc(C)cc32)cc1C(=O)OCC. The van der Waals surface area contributed by atoms with Crippen molar-refractivity contribution in [3.63, 3.8) is 0 Å². The van der Waals surface area contributed by atoms with Crippen molar-refractivity contribution in [1.82, 2.24) is 5.32 Å². The molecule has 0 saturated heterocycles. The highest BCUT2D eigenvalue weighted by Gasteiger charge is 2.47.